The minimum absolute atomic E-state index is 0.0558. The van der Waals surface area contributed by atoms with Crippen LogP contribution in [0.1, 0.15) is 83.6 Å². The van der Waals surface area contributed by atoms with E-state index in [1.165, 1.54) is 44.9 Å². The number of methoxy groups -OCH3 is 1. The molecule has 5 rings (SSSR count). The molecule has 0 bridgehead atoms. The van der Waals surface area contributed by atoms with Gasteiger partial charge in [0.25, 0.3) is 0 Å². The van der Waals surface area contributed by atoms with Crippen molar-refractivity contribution in [2.45, 2.75) is 83.7 Å². The van der Waals surface area contributed by atoms with Gasteiger partial charge in [-0.05, 0) is 92.6 Å². The molecule has 4 aliphatic rings. The lowest BCUT2D eigenvalue weighted by Crippen LogP contribution is -2.56. The third kappa shape index (κ3) is 3.23. The molecule has 0 unspecified atom stereocenters. The van der Waals surface area contributed by atoms with Gasteiger partial charge in [-0.25, -0.2) is 0 Å². The maximum Gasteiger partial charge on any atom is 0.166 e. The second-order valence-corrected chi connectivity index (χ2v) is 11.8. The zero-order chi connectivity index (χ0) is 22.6. The summed E-state index contributed by atoms with van der Waals surface area (Å²) in [6, 6.07) is 5.42. The first kappa shape index (κ1) is 22.3. The van der Waals surface area contributed by atoms with Crippen LogP contribution in [0, 0.1) is 34.5 Å². The Morgan fingerprint density at radius 2 is 1.84 bits per heavy atom. The minimum Gasteiger partial charge on any atom is -0.504 e. The van der Waals surface area contributed by atoms with Gasteiger partial charge in [0.15, 0.2) is 11.5 Å². The van der Waals surface area contributed by atoms with Gasteiger partial charge in [0.1, 0.15) is 0 Å². The molecule has 7 atom stereocenters. The smallest absolute Gasteiger partial charge is 0.166 e. The third-order valence-electron chi connectivity index (χ3n) is 10.7. The van der Waals surface area contributed by atoms with Crippen LogP contribution in [-0.4, -0.2) is 35.7 Å². The molecular formula is C28H41NO3. The van der Waals surface area contributed by atoms with Crippen molar-refractivity contribution in [2.75, 3.05) is 13.7 Å². The summed E-state index contributed by atoms with van der Waals surface area (Å²) in [6.07, 6.45) is 14.5. The molecule has 1 aromatic carbocycles. The molecule has 0 aliphatic heterocycles. The number of hydrogen-bond donors (Lipinski definition) is 2. The Hall–Kier alpha value is -1.55. The van der Waals surface area contributed by atoms with E-state index in [1.54, 1.807) is 19.4 Å². The van der Waals surface area contributed by atoms with E-state index >= 15 is 0 Å². The van der Waals surface area contributed by atoms with Crippen molar-refractivity contribution >= 4 is 6.21 Å². The van der Waals surface area contributed by atoms with Gasteiger partial charge < -0.3 is 14.9 Å². The molecule has 0 radical (unpaired) electrons. The number of fused-ring (bicyclic) bond motifs is 5. The second-order valence-electron chi connectivity index (χ2n) is 11.8. The van der Waals surface area contributed by atoms with E-state index in [-0.39, 0.29) is 11.2 Å². The van der Waals surface area contributed by atoms with Crippen LogP contribution in [0.5, 0.6) is 11.5 Å². The quantitative estimate of drug-likeness (QED) is 0.567. The number of phenols is 1. The molecule has 0 aromatic heterocycles. The van der Waals surface area contributed by atoms with Gasteiger partial charge in [-0.1, -0.05) is 32.8 Å². The SMILES string of the molecule is COc1cccc(C=NC[C@@]2(O)CC[C@@H]3[C@H]4CC[C@H]5CCCC[C@]5(C)[C@H]4CC[C@]32C)c1O. The average Bonchev–Trinajstić information content (AvgIpc) is 3.05. The van der Waals surface area contributed by atoms with Crippen molar-refractivity contribution in [3.05, 3.63) is 23.8 Å². The molecule has 4 fully saturated rings. The summed E-state index contributed by atoms with van der Waals surface area (Å²) in [5.74, 6) is 3.73. The van der Waals surface area contributed by atoms with E-state index in [0.29, 0.717) is 29.2 Å². The van der Waals surface area contributed by atoms with Gasteiger partial charge in [-0.15, -0.1) is 0 Å². The van der Waals surface area contributed by atoms with Crippen LogP contribution in [0.3, 0.4) is 0 Å². The predicted molar refractivity (Wildman–Crippen MR) is 128 cm³/mol. The van der Waals surface area contributed by atoms with Crippen LogP contribution < -0.4 is 4.74 Å². The topological polar surface area (TPSA) is 62.0 Å². The van der Waals surface area contributed by atoms with E-state index in [9.17, 15) is 10.2 Å². The standard InChI is InChI=1S/C28H41NO3/c1-26-14-5-4-8-20(26)10-11-21-22(26)12-15-27(2)23(21)13-16-28(27,31)18-29-17-19-7-6-9-24(32-3)25(19)30/h6-7,9,17,20-23,30-31H,4-5,8,10-16,18H2,1-3H3/t20-,21+,22+,23-,26+,27-,28+/m1/s1. The van der Waals surface area contributed by atoms with Crippen LogP contribution in [0.2, 0.25) is 0 Å². The number of phenolic OH excluding ortho intramolecular Hbond substituents is 1. The monoisotopic (exact) mass is 439 g/mol. The fourth-order valence-electron chi connectivity index (χ4n) is 8.77. The number of para-hydroxylation sites is 1. The summed E-state index contributed by atoms with van der Waals surface area (Å²) < 4.78 is 5.21. The molecule has 4 heteroatoms. The number of nitrogens with zero attached hydrogens (tertiary/aromatic N) is 1. The van der Waals surface area contributed by atoms with Crippen molar-refractivity contribution in [1.82, 2.24) is 0 Å². The lowest BCUT2D eigenvalue weighted by Gasteiger charge is -2.61. The minimum atomic E-state index is -0.752. The number of aliphatic hydroxyl groups is 1. The zero-order valence-electron chi connectivity index (χ0n) is 20.1. The molecule has 4 aliphatic carbocycles. The van der Waals surface area contributed by atoms with Crippen LogP contribution in [0.25, 0.3) is 0 Å². The molecule has 32 heavy (non-hydrogen) atoms. The summed E-state index contributed by atoms with van der Waals surface area (Å²) in [5.41, 5.74) is 0.364. The summed E-state index contributed by atoms with van der Waals surface area (Å²) >= 11 is 0. The van der Waals surface area contributed by atoms with Crippen molar-refractivity contribution in [2.24, 2.45) is 39.5 Å². The first-order chi connectivity index (χ1) is 15.3. The first-order valence-corrected chi connectivity index (χ1v) is 12.9. The van der Waals surface area contributed by atoms with Crippen molar-refractivity contribution in [1.29, 1.82) is 0 Å². The van der Waals surface area contributed by atoms with Gasteiger partial charge in [-0.2, -0.15) is 0 Å². The summed E-state index contributed by atoms with van der Waals surface area (Å²) in [4.78, 5) is 4.66. The summed E-state index contributed by atoms with van der Waals surface area (Å²) in [6.45, 7) is 5.38. The van der Waals surface area contributed by atoms with Crippen molar-refractivity contribution in [3.8, 4) is 11.5 Å². The van der Waals surface area contributed by atoms with Gasteiger partial charge in [-0.3, -0.25) is 4.99 Å². The van der Waals surface area contributed by atoms with Crippen molar-refractivity contribution in [3.63, 3.8) is 0 Å². The molecule has 0 heterocycles. The molecule has 4 nitrogen and oxygen atoms in total. The van der Waals surface area contributed by atoms with Crippen LogP contribution >= 0.6 is 0 Å². The largest absolute Gasteiger partial charge is 0.504 e. The zero-order valence-corrected chi connectivity index (χ0v) is 20.1. The van der Waals surface area contributed by atoms with Crippen LogP contribution in [-0.2, 0) is 0 Å². The Balaban J connectivity index is 1.34. The van der Waals surface area contributed by atoms with Crippen molar-refractivity contribution < 1.29 is 14.9 Å². The van der Waals surface area contributed by atoms with E-state index in [1.807, 2.05) is 12.1 Å². The Morgan fingerprint density at radius 1 is 1.03 bits per heavy atom. The Labute approximate surface area is 193 Å². The Bertz CT molecular complexity index is 883. The maximum absolute atomic E-state index is 11.9. The highest BCUT2D eigenvalue weighted by Gasteiger charge is 2.64. The third-order valence-corrected chi connectivity index (χ3v) is 10.7. The van der Waals surface area contributed by atoms with E-state index in [0.717, 1.165) is 37.0 Å². The lowest BCUT2D eigenvalue weighted by molar-refractivity contribution is -0.147. The van der Waals surface area contributed by atoms with Gasteiger partial charge in [0.05, 0.1) is 19.3 Å². The Morgan fingerprint density at radius 3 is 2.66 bits per heavy atom. The van der Waals surface area contributed by atoms with Gasteiger partial charge >= 0.3 is 0 Å². The molecule has 4 saturated carbocycles. The number of rotatable bonds is 4. The Kier molecular flexibility index (Phi) is 5.59. The van der Waals surface area contributed by atoms with E-state index in [2.05, 4.69) is 18.8 Å². The summed E-state index contributed by atoms with van der Waals surface area (Å²) in [7, 11) is 1.55. The fourth-order valence-corrected chi connectivity index (χ4v) is 8.77. The van der Waals surface area contributed by atoms with Gasteiger partial charge in [0, 0.05) is 17.2 Å². The highest BCUT2D eigenvalue weighted by atomic mass is 16.5. The maximum atomic E-state index is 11.9. The number of ether oxygens (including phenoxy) is 1. The normalized spacial score (nSPS) is 43.5. The highest BCUT2D eigenvalue weighted by Crippen LogP contribution is 2.68. The number of hydrogen-bond acceptors (Lipinski definition) is 4. The lowest BCUT2D eigenvalue weighted by atomic mass is 9.44. The fraction of sp³-hybridized carbons (Fsp3) is 0.750. The molecular weight excluding hydrogens is 398 g/mol. The van der Waals surface area contributed by atoms with Crippen LogP contribution in [0.4, 0.5) is 0 Å². The molecule has 0 spiro atoms. The second kappa shape index (κ2) is 8.04. The molecule has 2 N–H and O–H groups in total. The molecule has 1 aromatic rings. The average molecular weight is 440 g/mol. The van der Waals surface area contributed by atoms with Gasteiger partial charge in [0.2, 0.25) is 0 Å². The van der Waals surface area contributed by atoms with E-state index < -0.39 is 5.60 Å². The van der Waals surface area contributed by atoms with Crippen LogP contribution in [0.15, 0.2) is 23.2 Å². The highest BCUT2D eigenvalue weighted by molar-refractivity contribution is 5.84. The first-order valence-electron chi connectivity index (χ1n) is 12.9. The molecule has 0 saturated heterocycles. The number of benzene rings is 1. The van der Waals surface area contributed by atoms with E-state index in [4.69, 9.17) is 4.74 Å². The number of aromatic hydroxyl groups is 1. The predicted octanol–water partition coefficient (Wildman–Crippen LogP) is 5.98. The molecule has 176 valence electrons. The molecule has 0 amide bonds. The number of aliphatic imine (C=N–C) groups is 1. The summed E-state index contributed by atoms with van der Waals surface area (Å²) in [5, 5.41) is 22.2.